The Morgan fingerprint density at radius 1 is 1.05 bits per heavy atom. The SMILES string of the molecule is CC1=CC(C)=C(CN2CCc3c(c(C)c4c(c3-c3cnn(C)c3)OC(C)(C3CCC(N(C)C)CC3)O4)C2=O)C(=O)C1. The Morgan fingerprint density at radius 3 is 2.39 bits per heavy atom. The molecular weight excluding hydrogens is 516 g/mol. The van der Waals surface area contributed by atoms with Gasteiger partial charge in [0.1, 0.15) is 0 Å². The first-order valence-corrected chi connectivity index (χ1v) is 14.9. The zero-order valence-corrected chi connectivity index (χ0v) is 25.5. The number of aryl methyl sites for hydroxylation is 1. The number of aromatic nitrogens is 2. The van der Waals surface area contributed by atoms with Crippen molar-refractivity contribution in [2.45, 2.75) is 78.0 Å². The Bertz CT molecular complexity index is 1490. The number of rotatable bonds is 5. The summed E-state index contributed by atoms with van der Waals surface area (Å²) in [6.45, 7) is 8.86. The van der Waals surface area contributed by atoms with Gasteiger partial charge in [-0.15, -0.1) is 0 Å². The third-order valence-electron chi connectivity index (χ3n) is 9.72. The van der Waals surface area contributed by atoms with Gasteiger partial charge >= 0.3 is 0 Å². The topological polar surface area (TPSA) is 76.9 Å². The molecule has 2 aliphatic carbocycles. The predicted molar refractivity (Wildman–Crippen MR) is 158 cm³/mol. The van der Waals surface area contributed by atoms with Gasteiger partial charge in [0.05, 0.1) is 11.8 Å². The predicted octanol–water partition coefficient (Wildman–Crippen LogP) is 5.24. The molecule has 4 aliphatic rings. The summed E-state index contributed by atoms with van der Waals surface area (Å²) >= 11 is 0. The van der Waals surface area contributed by atoms with E-state index in [0.717, 1.165) is 70.4 Å². The fourth-order valence-corrected chi connectivity index (χ4v) is 7.36. The molecule has 1 saturated carbocycles. The van der Waals surface area contributed by atoms with Crippen LogP contribution in [0.2, 0.25) is 0 Å². The second kappa shape index (κ2) is 10.2. The van der Waals surface area contributed by atoms with E-state index in [0.29, 0.717) is 43.3 Å². The van der Waals surface area contributed by atoms with Gasteiger partial charge < -0.3 is 19.3 Å². The lowest BCUT2D eigenvalue weighted by molar-refractivity contribution is -0.123. The molecule has 2 aromatic rings. The molecule has 0 saturated heterocycles. The van der Waals surface area contributed by atoms with Gasteiger partial charge in [-0.05, 0) is 78.1 Å². The molecule has 0 bridgehead atoms. The maximum atomic E-state index is 14.2. The van der Waals surface area contributed by atoms with Crippen LogP contribution in [-0.4, -0.2) is 70.3 Å². The molecule has 1 aromatic carbocycles. The minimum absolute atomic E-state index is 0.0558. The van der Waals surface area contributed by atoms with E-state index in [1.54, 1.807) is 4.68 Å². The smallest absolute Gasteiger partial charge is 0.254 e. The van der Waals surface area contributed by atoms with E-state index in [2.05, 4.69) is 37.1 Å². The molecule has 1 fully saturated rings. The maximum Gasteiger partial charge on any atom is 0.254 e. The van der Waals surface area contributed by atoms with Crippen LogP contribution in [0.25, 0.3) is 11.1 Å². The van der Waals surface area contributed by atoms with Crippen LogP contribution in [0.15, 0.2) is 35.2 Å². The van der Waals surface area contributed by atoms with Gasteiger partial charge in [0, 0.05) is 73.9 Å². The molecule has 0 radical (unpaired) electrons. The number of benzene rings is 1. The minimum Gasteiger partial charge on any atom is -0.448 e. The Hall–Kier alpha value is -3.39. The second-order valence-corrected chi connectivity index (χ2v) is 12.8. The molecule has 0 spiro atoms. The van der Waals surface area contributed by atoms with Gasteiger partial charge in [-0.2, -0.15) is 5.10 Å². The molecule has 1 atom stereocenters. The van der Waals surface area contributed by atoms with Crippen LogP contribution < -0.4 is 9.47 Å². The molecule has 8 nitrogen and oxygen atoms in total. The first-order valence-electron chi connectivity index (χ1n) is 14.9. The van der Waals surface area contributed by atoms with Crippen molar-refractivity contribution in [2.24, 2.45) is 13.0 Å². The fourth-order valence-electron chi connectivity index (χ4n) is 7.36. The van der Waals surface area contributed by atoms with Crippen LogP contribution in [0.4, 0.5) is 0 Å². The average Bonchev–Trinajstić information content (AvgIpc) is 3.51. The normalized spacial score (nSPS) is 26.1. The van der Waals surface area contributed by atoms with E-state index >= 15 is 0 Å². The highest BCUT2D eigenvalue weighted by molar-refractivity contribution is 6.04. The number of allylic oxidation sites excluding steroid dienone is 3. The summed E-state index contributed by atoms with van der Waals surface area (Å²) in [4.78, 5) is 31.2. The molecule has 6 rings (SSSR count). The third kappa shape index (κ3) is 4.70. The Labute approximate surface area is 243 Å². The largest absolute Gasteiger partial charge is 0.448 e. The highest BCUT2D eigenvalue weighted by atomic mass is 16.7. The van der Waals surface area contributed by atoms with Crippen molar-refractivity contribution in [3.05, 3.63) is 51.9 Å². The van der Waals surface area contributed by atoms with E-state index < -0.39 is 5.79 Å². The lowest BCUT2D eigenvalue weighted by atomic mass is 9.81. The van der Waals surface area contributed by atoms with Gasteiger partial charge in [0.2, 0.25) is 0 Å². The quantitative estimate of drug-likeness (QED) is 0.500. The Morgan fingerprint density at radius 2 is 1.76 bits per heavy atom. The Kier molecular flexibility index (Phi) is 6.88. The van der Waals surface area contributed by atoms with Crippen LogP contribution in [0.5, 0.6) is 11.5 Å². The molecule has 2 aliphatic heterocycles. The van der Waals surface area contributed by atoms with Crippen LogP contribution in [0, 0.1) is 12.8 Å². The highest BCUT2D eigenvalue weighted by Crippen LogP contribution is 2.55. The lowest BCUT2D eigenvalue weighted by Gasteiger charge is -2.39. The fraction of sp³-hybridized carbons (Fsp3) is 0.545. The van der Waals surface area contributed by atoms with Crippen LogP contribution >= 0.6 is 0 Å². The summed E-state index contributed by atoms with van der Waals surface area (Å²) in [6.07, 6.45) is 11.2. The summed E-state index contributed by atoms with van der Waals surface area (Å²) in [7, 11) is 6.20. The van der Waals surface area contributed by atoms with E-state index in [4.69, 9.17) is 9.47 Å². The summed E-state index contributed by atoms with van der Waals surface area (Å²) in [5, 5.41) is 4.45. The van der Waals surface area contributed by atoms with Crippen molar-refractivity contribution in [3.8, 4) is 22.6 Å². The molecule has 3 heterocycles. The van der Waals surface area contributed by atoms with Gasteiger partial charge in [0.15, 0.2) is 17.3 Å². The number of fused-ring (bicyclic) bond motifs is 2. The van der Waals surface area contributed by atoms with Gasteiger partial charge in [-0.1, -0.05) is 11.6 Å². The van der Waals surface area contributed by atoms with Gasteiger partial charge in [0.25, 0.3) is 11.7 Å². The average molecular weight is 559 g/mol. The third-order valence-corrected chi connectivity index (χ3v) is 9.72. The number of carbonyl (C=O) groups is 2. The maximum absolute atomic E-state index is 14.2. The molecule has 1 amide bonds. The molecular formula is C33H42N4O4. The van der Waals surface area contributed by atoms with Crippen molar-refractivity contribution in [3.63, 3.8) is 0 Å². The number of ether oxygens (including phenoxy) is 2. The van der Waals surface area contributed by atoms with E-state index in [-0.39, 0.29) is 17.6 Å². The molecule has 8 heteroatoms. The molecule has 41 heavy (non-hydrogen) atoms. The van der Waals surface area contributed by atoms with Crippen LogP contribution in [-0.2, 0) is 18.3 Å². The minimum atomic E-state index is -0.797. The van der Waals surface area contributed by atoms with Gasteiger partial charge in [-0.3, -0.25) is 14.3 Å². The van der Waals surface area contributed by atoms with Crippen molar-refractivity contribution in [1.82, 2.24) is 19.6 Å². The summed E-state index contributed by atoms with van der Waals surface area (Å²) in [5.41, 5.74) is 7.06. The zero-order valence-electron chi connectivity index (χ0n) is 25.5. The first-order chi connectivity index (χ1) is 19.5. The summed E-state index contributed by atoms with van der Waals surface area (Å²) in [6, 6.07) is 0.580. The monoisotopic (exact) mass is 558 g/mol. The van der Waals surface area contributed by atoms with E-state index in [1.165, 1.54) is 0 Å². The number of ketones is 1. The number of hydrogen-bond acceptors (Lipinski definition) is 6. The standard InChI is InChI=1S/C33H42N4O4/c1-19-14-20(2)26(27(38)15-19)18-37-13-12-25-28(32(37)39)21(3)30-31(29(25)22-16-34-36(7)17-22)41-33(4,40-30)23-8-10-24(11-9-23)35(5)6/h14,16-17,23-24H,8-13,15,18H2,1-7H3. The molecule has 1 aromatic heterocycles. The zero-order chi connectivity index (χ0) is 29.2. The van der Waals surface area contributed by atoms with Crippen molar-refractivity contribution in [2.75, 3.05) is 27.2 Å². The molecule has 0 N–H and O–H groups in total. The summed E-state index contributed by atoms with van der Waals surface area (Å²) < 4.78 is 15.4. The van der Waals surface area contributed by atoms with E-state index in [9.17, 15) is 9.59 Å². The number of nitrogens with zero attached hydrogens (tertiary/aromatic N) is 4. The summed E-state index contributed by atoms with van der Waals surface area (Å²) in [5.74, 6) is 0.903. The second-order valence-electron chi connectivity index (χ2n) is 12.8. The number of carbonyl (C=O) groups excluding carboxylic acids is 2. The molecule has 1 unspecified atom stereocenters. The first kappa shape index (κ1) is 27.8. The van der Waals surface area contributed by atoms with Crippen molar-refractivity contribution < 1.29 is 19.1 Å². The van der Waals surface area contributed by atoms with Crippen molar-refractivity contribution in [1.29, 1.82) is 0 Å². The van der Waals surface area contributed by atoms with E-state index in [1.807, 2.05) is 45.1 Å². The Balaban J connectivity index is 1.39. The number of hydrogen-bond donors (Lipinski definition) is 0. The molecule has 218 valence electrons. The van der Waals surface area contributed by atoms with Gasteiger partial charge in [-0.25, -0.2) is 0 Å². The lowest BCUT2D eigenvalue weighted by Crippen LogP contribution is -2.46. The number of amides is 1. The highest BCUT2D eigenvalue weighted by Gasteiger charge is 2.49. The van der Waals surface area contributed by atoms with Crippen LogP contribution in [0.1, 0.15) is 74.4 Å². The van der Waals surface area contributed by atoms with Crippen molar-refractivity contribution >= 4 is 11.7 Å². The number of Topliss-reactive ketones (excluding diaryl/α,β-unsaturated/α-hetero) is 1. The van der Waals surface area contributed by atoms with Crippen LogP contribution in [0.3, 0.4) is 0 Å².